The van der Waals surface area contributed by atoms with Gasteiger partial charge in [0, 0.05) is 5.69 Å². The van der Waals surface area contributed by atoms with Crippen molar-refractivity contribution in [2.24, 2.45) is 11.1 Å². The first kappa shape index (κ1) is 14.6. The van der Waals surface area contributed by atoms with Crippen LogP contribution in [-0.2, 0) is 4.79 Å². The van der Waals surface area contributed by atoms with E-state index in [0.717, 1.165) is 5.56 Å². The highest BCUT2D eigenvalue weighted by molar-refractivity contribution is 7.80. The normalized spacial score (nSPS) is 13.8. The van der Waals surface area contributed by atoms with Crippen LogP contribution in [0, 0.1) is 18.2 Å². The number of nitrogens with one attached hydrogen (secondary N) is 1. The molecule has 0 saturated carbocycles. The molecule has 0 spiro atoms. The standard InChI is InChI=1S/C13H17FN2OS/c1-4-13(3,11(15)18)12(17)16-10-7-9(14)6-5-8(10)2/h5-7H,4H2,1-3H3,(H2,15,18)(H,16,17). The van der Waals surface area contributed by atoms with Crippen LogP contribution in [0.2, 0.25) is 0 Å². The van der Waals surface area contributed by atoms with Crippen molar-refractivity contribution in [3.8, 4) is 0 Å². The molecular weight excluding hydrogens is 251 g/mol. The molecule has 1 amide bonds. The van der Waals surface area contributed by atoms with E-state index in [1.807, 2.05) is 6.92 Å². The molecule has 1 aromatic rings. The number of benzene rings is 1. The van der Waals surface area contributed by atoms with Gasteiger partial charge in [0.2, 0.25) is 5.91 Å². The fourth-order valence-corrected chi connectivity index (χ4v) is 1.67. The van der Waals surface area contributed by atoms with Crippen molar-refractivity contribution >= 4 is 28.8 Å². The molecule has 1 rings (SSSR count). The average molecular weight is 268 g/mol. The van der Waals surface area contributed by atoms with Gasteiger partial charge in [0.25, 0.3) is 0 Å². The second-order valence-electron chi connectivity index (χ2n) is 4.46. The van der Waals surface area contributed by atoms with E-state index in [1.165, 1.54) is 12.1 Å². The van der Waals surface area contributed by atoms with Gasteiger partial charge in [-0.15, -0.1) is 0 Å². The van der Waals surface area contributed by atoms with E-state index in [4.69, 9.17) is 18.0 Å². The zero-order valence-corrected chi connectivity index (χ0v) is 11.5. The number of amides is 1. The number of nitrogens with two attached hydrogens (primary N) is 1. The quantitative estimate of drug-likeness (QED) is 0.826. The van der Waals surface area contributed by atoms with Crippen molar-refractivity contribution in [3.05, 3.63) is 29.6 Å². The monoisotopic (exact) mass is 268 g/mol. The largest absolute Gasteiger partial charge is 0.392 e. The van der Waals surface area contributed by atoms with Gasteiger partial charge in [0.15, 0.2) is 0 Å². The second kappa shape index (κ2) is 5.44. The van der Waals surface area contributed by atoms with Crippen molar-refractivity contribution in [1.82, 2.24) is 0 Å². The molecule has 0 aliphatic heterocycles. The van der Waals surface area contributed by atoms with Crippen LogP contribution in [0.15, 0.2) is 18.2 Å². The summed E-state index contributed by atoms with van der Waals surface area (Å²) in [7, 11) is 0. The molecule has 0 radical (unpaired) electrons. The molecule has 98 valence electrons. The van der Waals surface area contributed by atoms with Gasteiger partial charge < -0.3 is 11.1 Å². The third-order valence-electron chi connectivity index (χ3n) is 3.20. The van der Waals surface area contributed by atoms with Gasteiger partial charge in [0.05, 0.1) is 10.4 Å². The molecule has 0 bridgehead atoms. The smallest absolute Gasteiger partial charge is 0.237 e. The molecule has 0 aromatic heterocycles. The molecule has 0 aliphatic rings. The van der Waals surface area contributed by atoms with Crippen LogP contribution in [-0.4, -0.2) is 10.9 Å². The summed E-state index contributed by atoms with van der Waals surface area (Å²) in [5.74, 6) is -0.712. The highest BCUT2D eigenvalue weighted by atomic mass is 32.1. The number of halogens is 1. The number of rotatable bonds is 4. The maximum Gasteiger partial charge on any atom is 0.237 e. The summed E-state index contributed by atoms with van der Waals surface area (Å²) < 4.78 is 13.1. The number of carbonyl (C=O) groups excluding carboxylic acids is 1. The Morgan fingerprint density at radius 3 is 2.67 bits per heavy atom. The van der Waals surface area contributed by atoms with E-state index in [0.29, 0.717) is 12.1 Å². The molecule has 3 nitrogen and oxygen atoms in total. The first-order valence-electron chi connectivity index (χ1n) is 5.68. The van der Waals surface area contributed by atoms with Gasteiger partial charge in [-0.05, 0) is 38.0 Å². The number of carbonyl (C=O) groups is 1. The molecular formula is C13H17FN2OS. The molecule has 0 aliphatic carbocycles. The van der Waals surface area contributed by atoms with Crippen LogP contribution < -0.4 is 11.1 Å². The zero-order chi connectivity index (χ0) is 13.9. The lowest BCUT2D eigenvalue weighted by atomic mass is 9.86. The topological polar surface area (TPSA) is 55.1 Å². The third-order valence-corrected chi connectivity index (χ3v) is 3.65. The fourth-order valence-electron chi connectivity index (χ4n) is 1.44. The van der Waals surface area contributed by atoms with E-state index >= 15 is 0 Å². The van der Waals surface area contributed by atoms with Gasteiger partial charge in [-0.2, -0.15) is 0 Å². The third kappa shape index (κ3) is 2.85. The minimum atomic E-state index is -0.923. The summed E-state index contributed by atoms with van der Waals surface area (Å²) in [6.45, 7) is 5.30. The summed E-state index contributed by atoms with van der Waals surface area (Å²) in [6.07, 6.45) is 0.489. The Bertz CT molecular complexity index is 490. The predicted octanol–water partition coefficient (Wildman–Crippen LogP) is 2.78. The lowest BCUT2D eigenvalue weighted by Gasteiger charge is -2.25. The Morgan fingerprint density at radius 1 is 1.56 bits per heavy atom. The molecule has 5 heteroatoms. The molecule has 18 heavy (non-hydrogen) atoms. The highest BCUT2D eigenvalue weighted by Crippen LogP contribution is 2.25. The number of hydrogen-bond donors (Lipinski definition) is 2. The first-order valence-corrected chi connectivity index (χ1v) is 6.09. The summed E-state index contributed by atoms with van der Waals surface area (Å²) in [5.41, 5.74) is 5.90. The molecule has 1 aromatic carbocycles. The van der Waals surface area contributed by atoms with Crippen molar-refractivity contribution in [2.75, 3.05) is 5.32 Å². The molecule has 0 heterocycles. The molecule has 0 saturated heterocycles. The van der Waals surface area contributed by atoms with Gasteiger partial charge in [-0.3, -0.25) is 4.79 Å². The Morgan fingerprint density at radius 2 is 2.17 bits per heavy atom. The maximum absolute atomic E-state index is 13.1. The highest BCUT2D eigenvalue weighted by Gasteiger charge is 2.34. The van der Waals surface area contributed by atoms with E-state index < -0.39 is 11.2 Å². The Kier molecular flexibility index (Phi) is 4.40. The Balaban J connectivity index is 3.00. The molecule has 3 N–H and O–H groups in total. The number of hydrogen-bond acceptors (Lipinski definition) is 2. The van der Waals surface area contributed by atoms with Gasteiger partial charge in [-0.25, -0.2) is 4.39 Å². The van der Waals surface area contributed by atoms with E-state index in [-0.39, 0.29) is 10.9 Å². The van der Waals surface area contributed by atoms with E-state index in [2.05, 4.69) is 5.32 Å². The van der Waals surface area contributed by atoms with Crippen LogP contribution in [0.4, 0.5) is 10.1 Å². The Labute approximate surface area is 112 Å². The van der Waals surface area contributed by atoms with Crippen molar-refractivity contribution < 1.29 is 9.18 Å². The van der Waals surface area contributed by atoms with Crippen LogP contribution in [0.1, 0.15) is 25.8 Å². The average Bonchev–Trinajstić information content (AvgIpc) is 2.32. The first-order chi connectivity index (χ1) is 8.31. The zero-order valence-electron chi connectivity index (χ0n) is 10.7. The van der Waals surface area contributed by atoms with E-state index in [9.17, 15) is 9.18 Å². The number of thiocarbonyl (C=S) groups is 1. The minimum Gasteiger partial charge on any atom is -0.392 e. The van der Waals surface area contributed by atoms with Crippen molar-refractivity contribution in [3.63, 3.8) is 0 Å². The molecule has 0 fully saturated rings. The maximum atomic E-state index is 13.1. The fraction of sp³-hybridized carbons (Fsp3) is 0.385. The Hall–Kier alpha value is -1.49. The van der Waals surface area contributed by atoms with Crippen molar-refractivity contribution in [2.45, 2.75) is 27.2 Å². The van der Waals surface area contributed by atoms with Gasteiger partial charge in [0.1, 0.15) is 5.82 Å². The van der Waals surface area contributed by atoms with Crippen LogP contribution in [0.25, 0.3) is 0 Å². The number of aryl methyl sites for hydroxylation is 1. The molecule has 1 atom stereocenters. The number of anilines is 1. The summed E-state index contributed by atoms with van der Waals surface area (Å²) >= 11 is 4.92. The van der Waals surface area contributed by atoms with Crippen LogP contribution in [0.5, 0.6) is 0 Å². The summed E-state index contributed by atoms with van der Waals surface area (Å²) in [4.78, 5) is 12.3. The second-order valence-corrected chi connectivity index (χ2v) is 4.90. The lowest BCUT2D eigenvalue weighted by Crippen LogP contribution is -2.43. The lowest BCUT2D eigenvalue weighted by molar-refractivity contribution is -0.121. The van der Waals surface area contributed by atoms with Crippen molar-refractivity contribution in [1.29, 1.82) is 0 Å². The molecule has 1 unspecified atom stereocenters. The van der Waals surface area contributed by atoms with Crippen LogP contribution in [0.3, 0.4) is 0 Å². The van der Waals surface area contributed by atoms with Gasteiger partial charge >= 0.3 is 0 Å². The predicted molar refractivity (Wildman–Crippen MR) is 75.0 cm³/mol. The van der Waals surface area contributed by atoms with E-state index in [1.54, 1.807) is 19.9 Å². The summed E-state index contributed by atoms with van der Waals surface area (Å²) in [6, 6.07) is 4.23. The summed E-state index contributed by atoms with van der Waals surface area (Å²) in [5, 5.41) is 2.68. The minimum absolute atomic E-state index is 0.136. The van der Waals surface area contributed by atoms with Gasteiger partial charge in [-0.1, -0.05) is 25.2 Å². The SMILES string of the molecule is CCC(C)(C(=O)Nc1cc(F)ccc1C)C(N)=S. The van der Waals surface area contributed by atoms with Crippen LogP contribution >= 0.6 is 12.2 Å².